The highest BCUT2D eigenvalue weighted by Crippen LogP contribution is 2.16. The van der Waals surface area contributed by atoms with Gasteiger partial charge < -0.3 is 5.32 Å². The molecule has 1 aromatic rings. The van der Waals surface area contributed by atoms with Crippen LogP contribution >= 0.6 is 0 Å². The number of hydrogen-bond donors (Lipinski definition) is 1. The number of aryl methyl sites for hydroxylation is 1. The number of nitrogens with one attached hydrogen (secondary N) is 1. The average Bonchev–Trinajstić information content (AvgIpc) is 2.19. The van der Waals surface area contributed by atoms with Crippen molar-refractivity contribution in [1.29, 1.82) is 0 Å². The Kier molecular flexibility index (Phi) is 4.53. The van der Waals surface area contributed by atoms with E-state index in [1.807, 2.05) is 13.0 Å². The van der Waals surface area contributed by atoms with Gasteiger partial charge in [0.2, 0.25) is 0 Å². The summed E-state index contributed by atoms with van der Waals surface area (Å²) in [5, 5.41) is 3.43. The summed E-state index contributed by atoms with van der Waals surface area (Å²) in [6.45, 7) is 8.59. The second-order valence-corrected chi connectivity index (χ2v) is 4.00. The first-order valence-corrected chi connectivity index (χ1v) is 5.73. The summed E-state index contributed by atoms with van der Waals surface area (Å²) in [4.78, 5) is 8.42. The van der Waals surface area contributed by atoms with E-state index in [9.17, 15) is 0 Å². The molecule has 0 saturated carbocycles. The Balaban J connectivity index is 2.61. The summed E-state index contributed by atoms with van der Waals surface area (Å²) >= 11 is 0. The van der Waals surface area contributed by atoms with Gasteiger partial charge in [0.05, 0.1) is 0 Å². The molecule has 0 bridgehead atoms. The lowest BCUT2D eigenvalue weighted by Gasteiger charge is -2.22. The third-order valence-corrected chi connectivity index (χ3v) is 2.91. The molecular formula is C12H21N3. The number of hydrogen-bond acceptors (Lipinski definition) is 3. The van der Waals surface area contributed by atoms with Crippen molar-refractivity contribution < 1.29 is 0 Å². The molecule has 3 heteroatoms. The molecule has 1 rings (SSSR count). The maximum Gasteiger partial charge on any atom is 0.129 e. The van der Waals surface area contributed by atoms with E-state index in [1.165, 1.54) is 12.8 Å². The lowest BCUT2D eigenvalue weighted by atomic mass is 9.95. The van der Waals surface area contributed by atoms with Gasteiger partial charge in [-0.15, -0.1) is 0 Å². The van der Waals surface area contributed by atoms with Crippen LogP contribution in [0.25, 0.3) is 0 Å². The van der Waals surface area contributed by atoms with Crippen molar-refractivity contribution in [1.82, 2.24) is 9.97 Å². The summed E-state index contributed by atoms with van der Waals surface area (Å²) in [6.07, 6.45) is 4.20. The van der Waals surface area contributed by atoms with E-state index in [0.717, 1.165) is 11.6 Å². The molecule has 0 fully saturated rings. The Morgan fingerprint density at radius 2 is 2.00 bits per heavy atom. The molecule has 0 spiro atoms. The highest BCUT2D eigenvalue weighted by atomic mass is 15.0. The van der Waals surface area contributed by atoms with Crippen LogP contribution in [-0.4, -0.2) is 16.0 Å². The minimum Gasteiger partial charge on any atom is -0.367 e. The third-order valence-electron chi connectivity index (χ3n) is 2.91. The summed E-state index contributed by atoms with van der Waals surface area (Å²) in [5.41, 5.74) is 0. The van der Waals surface area contributed by atoms with Crippen LogP contribution in [0.1, 0.15) is 39.4 Å². The first-order chi connectivity index (χ1) is 7.17. The van der Waals surface area contributed by atoms with Crippen molar-refractivity contribution in [2.24, 2.45) is 5.92 Å². The maximum atomic E-state index is 4.34. The van der Waals surface area contributed by atoms with Gasteiger partial charge in [0.15, 0.2) is 0 Å². The van der Waals surface area contributed by atoms with E-state index in [1.54, 1.807) is 6.20 Å². The molecule has 0 radical (unpaired) electrons. The van der Waals surface area contributed by atoms with Crippen LogP contribution in [0.2, 0.25) is 0 Å². The van der Waals surface area contributed by atoms with E-state index >= 15 is 0 Å². The Morgan fingerprint density at radius 1 is 1.33 bits per heavy atom. The van der Waals surface area contributed by atoms with Crippen molar-refractivity contribution in [3.05, 3.63) is 18.1 Å². The number of anilines is 1. The van der Waals surface area contributed by atoms with Crippen molar-refractivity contribution in [3.63, 3.8) is 0 Å². The van der Waals surface area contributed by atoms with Crippen molar-refractivity contribution >= 4 is 5.82 Å². The Morgan fingerprint density at radius 3 is 2.53 bits per heavy atom. The van der Waals surface area contributed by atoms with Crippen molar-refractivity contribution in [3.8, 4) is 0 Å². The summed E-state index contributed by atoms with van der Waals surface area (Å²) < 4.78 is 0. The van der Waals surface area contributed by atoms with E-state index in [2.05, 4.69) is 36.1 Å². The maximum absolute atomic E-state index is 4.34. The van der Waals surface area contributed by atoms with Crippen LogP contribution in [0.4, 0.5) is 5.82 Å². The van der Waals surface area contributed by atoms with E-state index in [0.29, 0.717) is 12.0 Å². The highest BCUT2D eigenvalue weighted by molar-refractivity contribution is 5.34. The molecule has 0 amide bonds. The van der Waals surface area contributed by atoms with E-state index < -0.39 is 0 Å². The molecule has 0 aliphatic rings. The average molecular weight is 207 g/mol. The molecule has 0 saturated heterocycles. The summed E-state index contributed by atoms with van der Waals surface area (Å²) in [5.74, 6) is 2.46. The molecule has 0 aromatic carbocycles. The van der Waals surface area contributed by atoms with E-state index in [4.69, 9.17) is 0 Å². The standard InChI is InChI=1S/C12H21N3/c1-5-11(6-2)9(3)14-12-7-8-13-10(4)15-12/h7-9,11H,5-6H2,1-4H3,(H,13,14,15). The molecule has 3 nitrogen and oxygen atoms in total. The lowest BCUT2D eigenvalue weighted by molar-refractivity contribution is 0.437. The Labute approximate surface area is 92.3 Å². The molecule has 0 aliphatic heterocycles. The summed E-state index contributed by atoms with van der Waals surface area (Å²) in [6, 6.07) is 2.39. The van der Waals surface area contributed by atoms with Crippen molar-refractivity contribution in [2.75, 3.05) is 5.32 Å². The number of rotatable bonds is 5. The van der Waals surface area contributed by atoms with Gasteiger partial charge in [0.25, 0.3) is 0 Å². The topological polar surface area (TPSA) is 37.8 Å². The SMILES string of the molecule is CCC(CC)C(C)Nc1ccnc(C)n1. The third kappa shape index (κ3) is 3.50. The molecule has 1 aromatic heterocycles. The first kappa shape index (κ1) is 12.0. The van der Waals surface area contributed by atoms with Crippen LogP contribution in [0.15, 0.2) is 12.3 Å². The fraction of sp³-hybridized carbons (Fsp3) is 0.667. The van der Waals surface area contributed by atoms with Gasteiger partial charge in [-0.2, -0.15) is 0 Å². The lowest BCUT2D eigenvalue weighted by Crippen LogP contribution is -2.25. The molecule has 1 N–H and O–H groups in total. The molecule has 1 atom stereocenters. The fourth-order valence-electron chi connectivity index (χ4n) is 1.88. The predicted octanol–water partition coefficient (Wildman–Crippen LogP) is 3.02. The monoisotopic (exact) mass is 207 g/mol. The van der Waals surface area contributed by atoms with Crippen LogP contribution in [-0.2, 0) is 0 Å². The quantitative estimate of drug-likeness (QED) is 0.806. The molecule has 1 heterocycles. The fourth-order valence-corrected chi connectivity index (χ4v) is 1.88. The molecular weight excluding hydrogens is 186 g/mol. The number of nitrogens with zero attached hydrogens (tertiary/aromatic N) is 2. The van der Waals surface area contributed by atoms with E-state index in [-0.39, 0.29) is 0 Å². The molecule has 1 unspecified atom stereocenters. The zero-order chi connectivity index (χ0) is 11.3. The highest BCUT2D eigenvalue weighted by Gasteiger charge is 2.13. The van der Waals surface area contributed by atoms with Crippen LogP contribution in [0, 0.1) is 12.8 Å². The van der Waals surface area contributed by atoms with Gasteiger partial charge in [-0.25, -0.2) is 9.97 Å². The zero-order valence-corrected chi connectivity index (χ0v) is 10.1. The smallest absolute Gasteiger partial charge is 0.129 e. The summed E-state index contributed by atoms with van der Waals surface area (Å²) in [7, 11) is 0. The number of aromatic nitrogens is 2. The van der Waals surface area contributed by atoms with Crippen LogP contribution < -0.4 is 5.32 Å². The minimum absolute atomic E-state index is 0.467. The predicted molar refractivity (Wildman–Crippen MR) is 63.9 cm³/mol. The van der Waals surface area contributed by atoms with Gasteiger partial charge in [0, 0.05) is 12.2 Å². The van der Waals surface area contributed by atoms with Gasteiger partial charge in [0.1, 0.15) is 11.6 Å². The minimum atomic E-state index is 0.467. The van der Waals surface area contributed by atoms with Crippen LogP contribution in [0.3, 0.4) is 0 Å². The van der Waals surface area contributed by atoms with Gasteiger partial charge in [-0.3, -0.25) is 0 Å². The van der Waals surface area contributed by atoms with Crippen LogP contribution in [0.5, 0.6) is 0 Å². The molecule has 15 heavy (non-hydrogen) atoms. The largest absolute Gasteiger partial charge is 0.367 e. The Bertz CT molecular complexity index is 295. The molecule has 0 aliphatic carbocycles. The van der Waals surface area contributed by atoms with Crippen molar-refractivity contribution in [2.45, 2.75) is 46.6 Å². The second-order valence-electron chi connectivity index (χ2n) is 4.00. The first-order valence-electron chi connectivity index (χ1n) is 5.73. The zero-order valence-electron chi connectivity index (χ0n) is 10.1. The Hall–Kier alpha value is -1.12. The normalized spacial score (nSPS) is 12.9. The second kappa shape index (κ2) is 5.69. The van der Waals surface area contributed by atoms with Gasteiger partial charge in [-0.1, -0.05) is 26.7 Å². The van der Waals surface area contributed by atoms with Gasteiger partial charge >= 0.3 is 0 Å². The molecule has 84 valence electrons. The van der Waals surface area contributed by atoms with Gasteiger partial charge in [-0.05, 0) is 25.8 Å².